The molecule has 0 heterocycles. The molecule has 0 aliphatic heterocycles. The van der Waals surface area contributed by atoms with Gasteiger partial charge in [0.15, 0.2) is 0 Å². The predicted molar refractivity (Wildman–Crippen MR) is 92.2 cm³/mol. The molecule has 0 radical (unpaired) electrons. The first-order chi connectivity index (χ1) is 10.0. The van der Waals surface area contributed by atoms with Crippen LogP contribution in [0.2, 0.25) is 5.02 Å². The van der Waals surface area contributed by atoms with Gasteiger partial charge in [-0.2, -0.15) is 0 Å². The minimum Gasteiger partial charge on any atom is -0.456 e. The lowest BCUT2D eigenvalue weighted by atomic mass is 10.2. The highest BCUT2D eigenvalue weighted by Crippen LogP contribution is 2.31. The number of nitrogens with one attached hydrogen (secondary N) is 1. The molecule has 112 valence electrons. The van der Waals surface area contributed by atoms with Crippen molar-refractivity contribution in [2.24, 2.45) is 5.92 Å². The molecule has 0 atom stereocenters. The maximum absolute atomic E-state index is 5.92. The molecule has 2 aromatic carbocycles. The van der Waals surface area contributed by atoms with Crippen LogP contribution < -0.4 is 10.1 Å². The topological polar surface area (TPSA) is 21.3 Å². The van der Waals surface area contributed by atoms with Gasteiger partial charge in [-0.25, -0.2) is 0 Å². The fraction of sp³-hybridized carbons (Fsp3) is 0.294. The van der Waals surface area contributed by atoms with Crippen LogP contribution in [0.25, 0.3) is 0 Å². The quantitative estimate of drug-likeness (QED) is 0.712. The molecule has 4 heteroatoms. The molecule has 2 nitrogen and oxygen atoms in total. The number of halogens is 2. The Bertz CT molecular complexity index is 584. The van der Waals surface area contributed by atoms with Crippen molar-refractivity contribution in [3.05, 3.63) is 57.5 Å². The van der Waals surface area contributed by atoms with E-state index in [1.54, 1.807) is 0 Å². The normalized spacial score (nSPS) is 10.9. The molecule has 2 aromatic rings. The van der Waals surface area contributed by atoms with Gasteiger partial charge in [0.05, 0.1) is 4.47 Å². The van der Waals surface area contributed by atoms with Gasteiger partial charge in [0.2, 0.25) is 0 Å². The van der Waals surface area contributed by atoms with Crippen molar-refractivity contribution >= 4 is 27.5 Å². The summed E-state index contributed by atoms with van der Waals surface area (Å²) < 4.78 is 6.68. The van der Waals surface area contributed by atoms with Crippen LogP contribution in [-0.2, 0) is 6.54 Å². The Morgan fingerprint density at radius 2 is 1.86 bits per heavy atom. The fourth-order valence-corrected chi connectivity index (χ4v) is 2.63. The summed E-state index contributed by atoms with van der Waals surface area (Å²) in [5.41, 5.74) is 1.25. The van der Waals surface area contributed by atoms with Gasteiger partial charge in [-0.1, -0.05) is 37.6 Å². The van der Waals surface area contributed by atoms with Crippen LogP contribution in [0.1, 0.15) is 19.4 Å². The summed E-state index contributed by atoms with van der Waals surface area (Å²) in [6, 6.07) is 13.6. The lowest BCUT2D eigenvalue weighted by Gasteiger charge is -2.10. The van der Waals surface area contributed by atoms with Crippen LogP contribution in [0.3, 0.4) is 0 Å². The third kappa shape index (κ3) is 5.34. The van der Waals surface area contributed by atoms with E-state index in [0.717, 1.165) is 29.1 Å². The van der Waals surface area contributed by atoms with Gasteiger partial charge in [-0.15, -0.1) is 0 Å². The summed E-state index contributed by atoms with van der Waals surface area (Å²) in [7, 11) is 0. The summed E-state index contributed by atoms with van der Waals surface area (Å²) in [5, 5.41) is 4.10. The maximum Gasteiger partial charge on any atom is 0.141 e. The Morgan fingerprint density at radius 1 is 1.14 bits per heavy atom. The van der Waals surface area contributed by atoms with E-state index in [4.69, 9.17) is 16.3 Å². The molecule has 0 unspecified atom stereocenters. The Balaban J connectivity index is 1.95. The minimum atomic E-state index is 0.662. The summed E-state index contributed by atoms with van der Waals surface area (Å²) >= 11 is 9.37. The number of hydrogen-bond acceptors (Lipinski definition) is 2. The van der Waals surface area contributed by atoms with Crippen molar-refractivity contribution in [2.45, 2.75) is 20.4 Å². The largest absolute Gasteiger partial charge is 0.456 e. The number of hydrogen-bond donors (Lipinski definition) is 1. The van der Waals surface area contributed by atoms with Crippen LogP contribution in [0.4, 0.5) is 0 Å². The number of ether oxygens (including phenoxy) is 1. The average Bonchev–Trinajstić information content (AvgIpc) is 2.43. The molecule has 0 bridgehead atoms. The second-order valence-corrected chi connectivity index (χ2v) is 6.64. The average molecular weight is 369 g/mol. The van der Waals surface area contributed by atoms with Crippen molar-refractivity contribution in [1.82, 2.24) is 5.32 Å². The zero-order chi connectivity index (χ0) is 15.2. The van der Waals surface area contributed by atoms with Crippen LogP contribution in [-0.4, -0.2) is 6.54 Å². The highest BCUT2D eigenvalue weighted by molar-refractivity contribution is 9.10. The van der Waals surface area contributed by atoms with Crippen LogP contribution in [0.15, 0.2) is 46.9 Å². The smallest absolute Gasteiger partial charge is 0.141 e. The van der Waals surface area contributed by atoms with E-state index in [1.165, 1.54) is 5.56 Å². The Labute approximate surface area is 139 Å². The number of benzene rings is 2. The standard InChI is InChI=1S/C17H19BrClNO/c1-12(2)10-20-11-13-3-6-15(7-4-13)21-17-8-5-14(19)9-16(17)18/h3-9,12,20H,10-11H2,1-2H3. The Morgan fingerprint density at radius 3 is 2.48 bits per heavy atom. The maximum atomic E-state index is 5.92. The first-order valence-corrected chi connectivity index (χ1v) is 8.14. The van der Waals surface area contributed by atoms with Crippen LogP contribution in [0, 0.1) is 5.92 Å². The molecule has 0 aromatic heterocycles. The fourth-order valence-electron chi connectivity index (χ4n) is 1.87. The molecule has 0 amide bonds. The molecule has 0 saturated heterocycles. The Hall–Kier alpha value is -1.03. The van der Waals surface area contributed by atoms with Crippen molar-refractivity contribution < 1.29 is 4.74 Å². The van der Waals surface area contributed by atoms with Crippen LogP contribution >= 0.6 is 27.5 Å². The van der Waals surface area contributed by atoms with Gasteiger partial charge >= 0.3 is 0 Å². The highest BCUT2D eigenvalue weighted by atomic mass is 79.9. The van der Waals surface area contributed by atoms with E-state index in [0.29, 0.717) is 10.9 Å². The molecular weight excluding hydrogens is 350 g/mol. The summed E-state index contributed by atoms with van der Waals surface area (Å²) in [6.45, 7) is 6.31. The van der Waals surface area contributed by atoms with E-state index >= 15 is 0 Å². The summed E-state index contributed by atoms with van der Waals surface area (Å²) in [4.78, 5) is 0. The minimum absolute atomic E-state index is 0.662. The van der Waals surface area contributed by atoms with E-state index in [-0.39, 0.29) is 0 Å². The molecule has 2 rings (SSSR count). The van der Waals surface area contributed by atoms with Gasteiger partial charge in [-0.05, 0) is 64.3 Å². The van der Waals surface area contributed by atoms with Crippen LogP contribution in [0.5, 0.6) is 11.5 Å². The van der Waals surface area contributed by atoms with Gasteiger partial charge in [0.25, 0.3) is 0 Å². The van der Waals surface area contributed by atoms with Gasteiger partial charge < -0.3 is 10.1 Å². The molecule has 1 N–H and O–H groups in total. The van der Waals surface area contributed by atoms with E-state index in [1.807, 2.05) is 30.3 Å². The molecule has 0 saturated carbocycles. The lowest BCUT2D eigenvalue weighted by Crippen LogP contribution is -2.18. The zero-order valence-electron chi connectivity index (χ0n) is 12.2. The van der Waals surface area contributed by atoms with Crippen molar-refractivity contribution in [1.29, 1.82) is 0 Å². The third-order valence-corrected chi connectivity index (χ3v) is 3.78. The van der Waals surface area contributed by atoms with E-state index in [9.17, 15) is 0 Å². The summed E-state index contributed by atoms with van der Waals surface area (Å²) in [6.07, 6.45) is 0. The summed E-state index contributed by atoms with van der Waals surface area (Å²) in [5.74, 6) is 2.23. The van der Waals surface area contributed by atoms with Crippen molar-refractivity contribution in [3.8, 4) is 11.5 Å². The van der Waals surface area contributed by atoms with E-state index < -0.39 is 0 Å². The van der Waals surface area contributed by atoms with Gasteiger partial charge in [-0.3, -0.25) is 0 Å². The molecular formula is C17H19BrClNO. The predicted octanol–water partition coefficient (Wildman–Crippen LogP) is 5.64. The molecule has 0 fully saturated rings. The second kappa shape index (κ2) is 7.83. The monoisotopic (exact) mass is 367 g/mol. The zero-order valence-corrected chi connectivity index (χ0v) is 14.5. The Kier molecular flexibility index (Phi) is 6.09. The SMILES string of the molecule is CC(C)CNCc1ccc(Oc2ccc(Cl)cc2Br)cc1. The van der Waals surface area contributed by atoms with Crippen molar-refractivity contribution in [2.75, 3.05) is 6.54 Å². The first kappa shape index (κ1) is 16.3. The van der Waals surface area contributed by atoms with Gasteiger partial charge in [0.1, 0.15) is 11.5 Å². The third-order valence-electron chi connectivity index (χ3n) is 2.93. The van der Waals surface area contributed by atoms with Crippen molar-refractivity contribution in [3.63, 3.8) is 0 Å². The van der Waals surface area contributed by atoms with E-state index in [2.05, 4.69) is 47.2 Å². The lowest BCUT2D eigenvalue weighted by molar-refractivity contribution is 0.479. The highest BCUT2D eigenvalue weighted by Gasteiger charge is 2.04. The molecule has 0 aliphatic carbocycles. The molecule has 0 spiro atoms. The molecule has 0 aliphatic rings. The van der Waals surface area contributed by atoms with Gasteiger partial charge in [0, 0.05) is 11.6 Å². The number of rotatable bonds is 6. The molecule has 21 heavy (non-hydrogen) atoms. The first-order valence-electron chi connectivity index (χ1n) is 6.97. The second-order valence-electron chi connectivity index (χ2n) is 5.35.